The number of halogens is 1. The number of hydrogen-bond donors (Lipinski definition) is 2. The predicted octanol–water partition coefficient (Wildman–Crippen LogP) is 2.99. The number of aromatic nitrogens is 1. The average Bonchev–Trinajstić information content (AvgIpc) is 3.00. The molecule has 5 nitrogen and oxygen atoms in total. The van der Waals surface area contributed by atoms with Crippen LogP contribution in [0, 0.1) is 0 Å². The molecule has 2 aromatic rings. The van der Waals surface area contributed by atoms with Crippen molar-refractivity contribution in [2.24, 2.45) is 5.73 Å². The third kappa shape index (κ3) is 3.48. The molecule has 0 saturated heterocycles. The lowest BCUT2D eigenvalue weighted by Crippen LogP contribution is -2.40. The van der Waals surface area contributed by atoms with Gasteiger partial charge in [-0.25, -0.2) is 0 Å². The number of nitrogens with zero attached hydrogens (tertiary/aromatic N) is 1. The molecule has 0 spiro atoms. The zero-order valence-corrected chi connectivity index (χ0v) is 12.8. The summed E-state index contributed by atoms with van der Waals surface area (Å²) in [5.74, 6) is 0.344. The number of carbonyl (C=O) groups is 1. The third-order valence-electron chi connectivity index (χ3n) is 3.98. The molecule has 3 rings (SSSR count). The predicted molar refractivity (Wildman–Crippen MR) is 84.6 cm³/mol. The highest BCUT2D eigenvalue weighted by Gasteiger charge is 2.22. The van der Waals surface area contributed by atoms with Gasteiger partial charge in [-0.3, -0.25) is 4.79 Å². The Labute approximate surface area is 133 Å². The maximum absolute atomic E-state index is 12.2. The van der Waals surface area contributed by atoms with Crippen LogP contribution in [0.4, 0.5) is 0 Å². The Kier molecular flexibility index (Phi) is 4.45. The molecule has 6 heteroatoms. The van der Waals surface area contributed by atoms with Gasteiger partial charge in [0.1, 0.15) is 0 Å². The lowest BCUT2D eigenvalue weighted by Gasteiger charge is -2.26. The van der Waals surface area contributed by atoms with Crippen LogP contribution in [0.3, 0.4) is 0 Å². The number of nitrogens with two attached hydrogens (primary N) is 1. The van der Waals surface area contributed by atoms with Crippen LogP contribution in [0.25, 0.3) is 11.3 Å². The first-order valence-corrected chi connectivity index (χ1v) is 7.79. The van der Waals surface area contributed by atoms with E-state index >= 15 is 0 Å². The van der Waals surface area contributed by atoms with Crippen molar-refractivity contribution in [3.8, 4) is 11.3 Å². The van der Waals surface area contributed by atoms with E-state index in [1.165, 1.54) is 0 Å². The molecule has 0 bridgehead atoms. The van der Waals surface area contributed by atoms with Crippen LogP contribution in [0.5, 0.6) is 0 Å². The molecule has 0 atom stereocenters. The number of nitrogens with one attached hydrogen (secondary N) is 1. The van der Waals surface area contributed by atoms with E-state index in [2.05, 4.69) is 10.5 Å². The number of rotatable bonds is 3. The summed E-state index contributed by atoms with van der Waals surface area (Å²) in [6.07, 6.45) is 3.71. The van der Waals surface area contributed by atoms with Crippen molar-refractivity contribution in [3.63, 3.8) is 0 Å². The van der Waals surface area contributed by atoms with Crippen LogP contribution < -0.4 is 11.1 Å². The highest BCUT2D eigenvalue weighted by molar-refractivity contribution is 6.30. The van der Waals surface area contributed by atoms with E-state index in [9.17, 15) is 4.79 Å². The molecular weight excluding hydrogens is 302 g/mol. The molecule has 1 aromatic carbocycles. The van der Waals surface area contributed by atoms with Gasteiger partial charge in [-0.1, -0.05) is 16.8 Å². The number of benzene rings is 1. The van der Waals surface area contributed by atoms with E-state index in [1.807, 2.05) is 12.1 Å². The van der Waals surface area contributed by atoms with Gasteiger partial charge in [-0.05, 0) is 49.9 Å². The van der Waals surface area contributed by atoms with Gasteiger partial charge in [-0.15, -0.1) is 0 Å². The molecule has 1 heterocycles. The van der Waals surface area contributed by atoms with Crippen molar-refractivity contribution < 1.29 is 9.32 Å². The highest BCUT2D eigenvalue weighted by Crippen LogP contribution is 2.23. The minimum Gasteiger partial charge on any atom is -0.355 e. The Balaban J connectivity index is 1.65. The zero-order chi connectivity index (χ0) is 15.5. The molecular formula is C16H18ClN3O2. The molecule has 1 saturated carbocycles. The van der Waals surface area contributed by atoms with Crippen LogP contribution in [-0.2, 0) is 0 Å². The Bertz CT molecular complexity index is 646. The van der Waals surface area contributed by atoms with Crippen molar-refractivity contribution in [2.75, 3.05) is 0 Å². The van der Waals surface area contributed by atoms with Crippen LogP contribution in [0.1, 0.15) is 36.2 Å². The van der Waals surface area contributed by atoms with Crippen molar-refractivity contribution in [1.82, 2.24) is 10.5 Å². The highest BCUT2D eigenvalue weighted by atomic mass is 35.5. The van der Waals surface area contributed by atoms with E-state index in [4.69, 9.17) is 21.9 Å². The van der Waals surface area contributed by atoms with E-state index in [1.54, 1.807) is 18.2 Å². The summed E-state index contributed by atoms with van der Waals surface area (Å²) in [5.41, 5.74) is 6.99. The maximum Gasteiger partial charge on any atom is 0.273 e. The fourth-order valence-corrected chi connectivity index (χ4v) is 2.78. The van der Waals surface area contributed by atoms with E-state index in [-0.39, 0.29) is 18.0 Å². The van der Waals surface area contributed by atoms with Crippen molar-refractivity contribution in [2.45, 2.75) is 37.8 Å². The second kappa shape index (κ2) is 6.50. The van der Waals surface area contributed by atoms with Gasteiger partial charge in [0.2, 0.25) is 0 Å². The third-order valence-corrected chi connectivity index (χ3v) is 4.23. The van der Waals surface area contributed by atoms with Crippen LogP contribution in [0.15, 0.2) is 34.9 Å². The van der Waals surface area contributed by atoms with Gasteiger partial charge in [0, 0.05) is 28.7 Å². The SMILES string of the molecule is NC1CCC(NC(=O)c2cc(-c3ccc(Cl)cc3)on2)CC1. The van der Waals surface area contributed by atoms with Gasteiger partial charge in [0.15, 0.2) is 11.5 Å². The van der Waals surface area contributed by atoms with E-state index in [0.29, 0.717) is 16.5 Å². The molecule has 1 amide bonds. The molecule has 3 N–H and O–H groups in total. The Morgan fingerprint density at radius 2 is 1.91 bits per heavy atom. The molecule has 22 heavy (non-hydrogen) atoms. The van der Waals surface area contributed by atoms with Crippen molar-refractivity contribution in [3.05, 3.63) is 41.0 Å². The van der Waals surface area contributed by atoms with Crippen LogP contribution >= 0.6 is 11.6 Å². The lowest BCUT2D eigenvalue weighted by molar-refractivity contribution is 0.0917. The molecule has 116 valence electrons. The first-order valence-electron chi connectivity index (χ1n) is 7.41. The second-order valence-electron chi connectivity index (χ2n) is 5.67. The number of hydrogen-bond acceptors (Lipinski definition) is 4. The minimum absolute atomic E-state index is 0.169. The van der Waals surface area contributed by atoms with Gasteiger partial charge in [-0.2, -0.15) is 0 Å². The first-order chi connectivity index (χ1) is 10.6. The molecule has 1 aliphatic carbocycles. The topological polar surface area (TPSA) is 81.1 Å². The summed E-state index contributed by atoms with van der Waals surface area (Å²) in [6.45, 7) is 0. The fraction of sp³-hybridized carbons (Fsp3) is 0.375. The Morgan fingerprint density at radius 3 is 2.59 bits per heavy atom. The molecule has 0 radical (unpaired) electrons. The van der Waals surface area contributed by atoms with Crippen LogP contribution in [0.2, 0.25) is 5.02 Å². The molecule has 1 fully saturated rings. The fourth-order valence-electron chi connectivity index (χ4n) is 2.66. The summed E-state index contributed by atoms with van der Waals surface area (Å²) in [5, 5.41) is 7.49. The quantitative estimate of drug-likeness (QED) is 0.911. The smallest absolute Gasteiger partial charge is 0.273 e. The Hall–Kier alpha value is -1.85. The van der Waals surface area contributed by atoms with E-state index < -0.39 is 0 Å². The Morgan fingerprint density at radius 1 is 1.23 bits per heavy atom. The average molecular weight is 320 g/mol. The normalized spacial score (nSPS) is 21.5. The number of amides is 1. The molecule has 1 aromatic heterocycles. The molecule has 0 unspecified atom stereocenters. The minimum atomic E-state index is -0.204. The zero-order valence-electron chi connectivity index (χ0n) is 12.1. The van der Waals surface area contributed by atoms with E-state index in [0.717, 1.165) is 31.2 Å². The van der Waals surface area contributed by atoms with Gasteiger partial charge in [0.25, 0.3) is 5.91 Å². The molecule has 0 aliphatic heterocycles. The first kappa shape index (κ1) is 15.1. The van der Waals surface area contributed by atoms with Crippen molar-refractivity contribution >= 4 is 17.5 Å². The summed E-state index contributed by atoms with van der Waals surface area (Å²) in [7, 11) is 0. The summed E-state index contributed by atoms with van der Waals surface area (Å²) < 4.78 is 5.24. The largest absolute Gasteiger partial charge is 0.355 e. The van der Waals surface area contributed by atoms with Crippen molar-refractivity contribution in [1.29, 1.82) is 0 Å². The maximum atomic E-state index is 12.2. The summed E-state index contributed by atoms with van der Waals surface area (Å²) >= 11 is 5.85. The lowest BCUT2D eigenvalue weighted by atomic mass is 9.92. The summed E-state index contributed by atoms with van der Waals surface area (Å²) in [4.78, 5) is 12.2. The van der Waals surface area contributed by atoms with Gasteiger partial charge < -0.3 is 15.6 Å². The summed E-state index contributed by atoms with van der Waals surface area (Å²) in [6, 6.07) is 9.27. The monoisotopic (exact) mass is 319 g/mol. The molecule has 1 aliphatic rings. The van der Waals surface area contributed by atoms with Gasteiger partial charge >= 0.3 is 0 Å². The second-order valence-corrected chi connectivity index (χ2v) is 6.10. The number of carbonyl (C=O) groups excluding carboxylic acids is 1. The standard InChI is InChI=1S/C16H18ClN3O2/c17-11-3-1-10(2-4-11)15-9-14(20-22-15)16(21)19-13-7-5-12(18)6-8-13/h1-4,9,12-13H,5-8,18H2,(H,19,21). The van der Waals surface area contributed by atoms with Gasteiger partial charge in [0.05, 0.1) is 0 Å². The van der Waals surface area contributed by atoms with Crippen LogP contribution in [-0.4, -0.2) is 23.1 Å².